The van der Waals surface area contributed by atoms with Gasteiger partial charge in [-0.05, 0) is 69.5 Å². The van der Waals surface area contributed by atoms with Gasteiger partial charge in [0, 0.05) is 17.8 Å². The van der Waals surface area contributed by atoms with Crippen molar-refractivity contribution in [2.75, 3.05) is 33.1 Å². The highest BCUT2D eigenvalue weighted by Crippen LogP contribution is 2.27. The normalized spacial score (nSPS) is 11.9. The number of rotatable bonds is 6. The molecule has 0 aliphatic carbocycles. The molecule has 2 rings (SSSR count). The number of nitrogens with zero attached hydrogens (tertiary/aromatic N) is 1. The number of para-hydroxylation sites is 1. The van der Waals surface area contributed by atoms with E-state index in [0.29, 0.717) is 11.7 Å². The van der Waals surface area contributed by atoms with Crippen molar-refractivity contribution >= 4 is 23.0 Å². The predicted molar refractivity (Wildman–Crippen MR) is 110 cm³/mol. The van der Waals surface area contributed by atoms with Crippen LogP contribution in [0, 0.1) is 13.8 Å². The minimum atomic E-state index is 0.149. The van der Waals surface area contributed by atoms with Crippen LogP contribution in [0.5, 0.6) is 5.75 Å². The first-order valence-electron chi connectivity index (χ1n) is 8.33. The highest BCUT2D eigenvalue weighted by molar-refractivity contribution is 7.80. The molecule has 1 atom stereocenters. The van der Waals surface area contributed by atoms with Crippen LogP contribution in [0.15, 0.2) is 42.5 Å². The number of aryl methyl sites for hydroxylation is 2. The fourth-order valence-corrected chi connectivity index (χ4v) is 2.90. The van der Waals surface area contributed by atoms with Crippen molar-refractivity contribution in [3.8, 4) is 5.75 Å². The molecule has 4 nitrogen and oxygen atoms in total. The number of nitrogens with one attached hydrogen (secondary N) is 2. The molecule has 0 aliphatic heterocycles. The Morgan fingerprint density at radius 3 is 2.48 bits per heavy atom. The summed E-state index contributed by atoms with van der Waals surface area (Å²) in [5.74, 6) is 0.885. The number of ether oxygens (including phenoxy) is 1. The van der Waals surface area contributed by atoms with Crippen molar-refractivity contribution in [3.05, 3.63) is 59.2 Å². The molecular weight excluding hydrogens is 330 g/mol. The lowest BCUT2D eigenvalue weighted by atomic mass is 10.0. The molecule has 0 saturated carbocycles. The molecule has 1 unspecified atom stereocenters. The van der Waals surface area contributed by atoms with Gasteiger partial charge in [-0.1, -0.05) is 24.3 Å². The number of likely N-dealkylation sites (N-methyl/N-ethyl adjacent to an activating group) is 1. The molecule has 2 N–H and O–H groups in total. The average Bonchev–Trinajstić information content (AvgIpc) is 2.58. The zero-order valence-corrected chi connectivity index (χ0v) is 16.4. The van der Waals surface area contributed by atoms with Crippen molar-refractivity contribution in [3.63, 3.8) is 0 Å². The molecule has 134 valence electrons. The number of benzene rings is 2. The zero-order valence-electron chi connectivity index (χ0n) is 15.6. The van der Waals surface area contributed by atoms with Crippen LogP contribution in [-0.4, -0.2) is 37.8 Å². The zero-order chi connectivity index (χ0) is 18.4. The Bertz CT molecular complexity index is 731. The van der Waals surface area contributed by atoms with Gasteiger partial charge >= 0.3 is 0 Å². The first-order chi connectivity index (χ1) is 11.9. The van der Waals surface area contributed by atoms with E-state index < -0.39 is 0 Å². The lowest BCUT2D eigenvalue weighted by Crippen LogP contribution is -2.36. The van der Waals surface area contributed by atoms with Crippen LogP contribution in [0.1, 0.15) is 22.7 Å². The van der Waals surface area contributed by atoms with Crippen LogP contribution in [0.25, 0.3) is 0 Å². The summed E-state index contributed by atoms with van der Waals surface area (Å²) in [6, 6.07) is 14.5. The maximum Gasteiger partial charge on any atom is 0.170 e. The Kier molecular flexibility index (Phi) is 6.79. The SMILES string of the molecule is COc1ccccc1C(CNC(=S)Nc1ccc(C)c(C)c1)N(C)C. The molecule has 0 radical (unpaired) electrons. The maximum atomic E-state index is 5.50. The summed E-state index contributed by atoms with van der Waals surface area (Å²) in [6.07, 6.45) is 0. The van der Waals surface area contributed by atoms with E-state index in [1.807, 2.05) is 24.3 Å². The lowest BCUT2D eigenvalue weighted by Gasteiger charge is -2.27. The quantitative estimate of drug-likeness (QED) is 0.767. The minimum Gasteiger partial charge on any atom is -0.496 e. The van der Waals surface area contributed by atoms with Crippen LogP contribution in [0.4, 0.5) is 5.69 Å². The van der Waals surface area contributed by atoms with Gasteiger partial charge in [0.2, 0.25) is 0 Å². The molecule has 5 heteroatoms. The molecule has 0 saturated heterocycles. The second-order valence-corrected chi connectivity index (χ2v) is 6.76. The topological polar surface area (TPSA) is 36.5 Å². The number of hydrogen-bond acceptors (Lipinski definition) is 3. The van der Waals surface area contributed by atoms with Gasteiger partial charge in [-0.3, -0.25) is 0 Å². The third-order valence-corrected chi connectivity index (χ3v) is 4.59. The summed E-state index contributed by atoms with van der Waals surface area (Å²) < 4.78 is 5.50. The minimum absolute atomic E-state index is 0.149. The standard InChI is InChI=1S/C20H27N3OS/c1-14-10-11-16(12-15(14)2)22-20(25)21-13-18(23(3)4)17-8-6-7-9-19(17)24-5/h6-12,18H,13H2,1-5H3,(H2,21,22,25). The van der Waals surface area contributed by atoms with E-state index in [9.17, 15) is 0 Å². The summed E-state index contributed by atoms with van der Waals surface area (Å²) in [6.45, 7) is 4.88. The van der Waals surface area contributed by atoms with Crippen LogP contribution in [-0.2, 0) is 0 Å². The van der Waals surface area contributed by atoms with Crippen molar-refractivity contribution in [2.45, 2.75) is 19.9 Å². The number of hydrogen-bond donors (Lipinski definition) is 2. The van der Waals surface area contributed by atoms with E-state index in [4.69, 9.17) is 17.0 Å². The van der Waals surface area contributed by atoms with Gasteiger partial charge in [0.15, 0.2) is 5.11 Å². The van der Waals surface area contributed by atoms with Gasteiger partial charge < -0.3 is 20.3 Å². The molecule has 0 amide bonds. The molecule has 0 aromatic heterocycles. The van der Waals surface area contributed by atoms with Crippen molar-refractivity contribution < 1.29 is 4.74 Å². The summed E-state index contributed by atoms with van der Waals surface area (Å²) in [7, 11) is 5.81. The van der Waals surface area contributed by atoms with Gasteiger partial charge in [-0.2, -0.15) is 0 Å². The molecule has 0 fully saturated rings. The van der Waals surface area contributed by atoms with Crippen LogP contribution >= 0.6 is 12.2 Å². The van der Waals surface area contributed by atoms with E-state index in [1.54, 1.807) is 7.11 Å². The molecular formula is C20H27N3OS. The summed E-state index contributed by atoms with van der Waals surface area (Å²) in [4.78, 5) is 2.16. The van der Waals surface area contributed by atoms with Crippen LogP contribution in [0.3, 0.4) is 0 Å². The third kappa shape index (κ3) is 5.18. The lowest BCUT2D eigenvalue weighted by molar-refractivity contribution is 0.288. The molecule has 0 heterocycles. The molecule has 25 heavy (non-hydrogen) atoms. The van der Waals surface area contributed by atoms with Crippen LogP contribution < -0.4 is 15.4 Å². The molecule has 2 aromatic carbocycles. The average molecular weight is 358 g/mol. The summed E-state index contributed by atoms with van der Waals surface area (Å²) in [5.41, 5.74) is 4.65. The van der Waals surface area contributed by atoms with Crippen molar-refractivity contribution in [2.24, 2.45) is 0 Å². The maximum absolute atomic E-state index is 5.50. The Balaban J connectivity index is 2.03. The molecule has 0 aliphatic rings. The first-order valence-corrected chi connectivity index (χ1v) is 8.74. The Labute approximate surface area is 156 Å². The Morgan fingerprint density at radius 2 is 1.84 bits per heavy atom. The predicted octanol–water partition coefficient (Wildman–Crippen LogP) is 3.90. The van der Waals surface area contributed by atoms with Gasteiger partial charge in [0.25, 0.3) is 0 Å². The van der Waals surface area contributed by atoms with Gasteiger partial charge in [-0.25, -0.2) is 0 Å². The first kappa shape index (κ1) is 19.2. The monoisotopic (exact) mass is 357 g/mol. The van der Waals surface area contributed by atoms with E-state index >= 15 is 0 Å². The molecule has 2 aromatic rings. The van der Waals surface area contributed by atoms with E-state index in [1.165, 1.54) is 11.1 Å². The van der Waals surface area contributed by atoms with E-state index in [-0.39, 0.29) is 6.04 Å². The van der Waals surface area contributed by atoms with Gasteiger partial charge in [0.05, 0.1) is 13.2 Å². The Morgan fingerprint density at radius 1 is 1.12 bits per heavy atom. The summed E-state index contributed by atoms with van der Waals surface area (Å²) in [5, 5.41) is 7.19. The van der Waals surface area contributed by atoms with E-state index in [2.05, 4.69) is 61.7 Å². The second kappa shape index (κ2) is 8.83. The fourth-order valence-electron chi connectivity index (χ4n) is 2.70. The van der Waals surface area contributed by atoms with Crippen molar-refractivity contribution in [1.82, 2.24) is 10.2 Å². The number of anilines is 1. The van der Waals surface area contributed by atoms with Crippen molar-refractivity contribution in [1.29, 1.82) is 0 Å². The Hall–Kier alpha value is -2.11. The number of methoxy groups -OCH3 is 1. The van der Waals surface area contributed by atoms with Gasteiger partial charge in [0.1, 0.15) is 5.75 Å². The van der Waals surface area contributed by atoms with E-state index in [0.717, 1.165) is 17.0 Å². The largest absolute Gasteiger partial charge is 0.496 e. The smallest absolute Gasteiger partial charge is 0.170 e. The second-order valence-electron chi connectivity index (χ2n) is 6.36. The highest BCUT2D eigenvalue weighted by atomic mass is 32.1. The number of thiocarbonyl (C=S) groups is 1. The fraction of sp³-hybridized carbons (Fsp3) is 0.350. The van der Waals surface area contributed by atoms with Crippen LogP contribution in [0.2, 0.25) is 0 Å². The third-order valence-electron chi connectivity index (χ3n) is 4.34. The molecule has 0 spiro atoms. The highest BCUT2D eigenvalue weighted by Gasteiger charge is 2.18. The summed E-state index contributed by atoms with van der Waals surface area (Å²) >= 11 is 5.46. The molecule has 0 bridgehead atoms. The van der Waals surface area contributed by atoms with Gasteiger partial charge in [-0.15, -0.1) is 0 Å².